The summed E-state index contributed by atoms with van der Waals surface area (Å²) < 4.78 is 1.65. The van der Waals surface area contributed by atoms with Gasteiger partial charge in [0.2, 0.25) is 5.91 Å². The van der Waals surface area contributed by atoms with Gasteiger partial charge in [0.1, 0.15) is 6.33 Å². The van der Waals surface area contributed by atoms with E-state index in [1.165, 1.54) is 6.33 Å². The normalized spacial score (nSPS) is 13.3. The maximum absolute atomic E-state index is 11.7. The van der Waals surface area contributed by atoms with Gasteiger partial charge in [-0.15, -0.1) is 10.2 Å². The van der Waals surface area contributed by atoms with E-state index >= 15 is 0 Å². The van der Waals surface area contributed by atoms with Crippen molar-refractivity contribution in [2.45, 2.75) is 32.7 Å². The predicted octanol–water partition coefficient (Wildman–Crippen LogP) is 0.203. The summed E-state index contributed by atoms with van der Waals surface area (Å²) in [6.07, 6.45) is 1.35. The Hall–Kier alpha value is -2.45. The van der Waals surface area contributed by atoms with Crippen molar-refractivity contribution in [3.05, 3.63) is 12.2 Å². The van der Waals surface area contributed by atoms with Gasteiger partial charge < -0.3 is 15.0 Å². The Balaban J connectivity index is 2.41. The number of hydrogen-bond donors (Lipinski definition) is 3. The Morgan fingerprint density at radius 3 is 2.52 bits per heavy atom. The molecule has 2 unspecified atom stereocenters. The first-order valence-corrected chi connectivity index (χ1v) is 6.45. The average Bonchev–Trinajstić information content (AvgIpc) is 2.73. The maximum Gasteiger partial charge on any atom is 0.322 e. The van der Waals surface area contributed by atoms with E-state index in [1.807, 2.05) is 0 Å². The van der Waals surface area contributed by atoms with E-state index in [-0.39, 0.29) is 18.8 Å². The number of aryl methyl sites for hydroxylation is 1. The second-order valence-corrected chi connectivity index (χ2v) is 4.95. The number of aromatic nitrogens is 3. The third kappa shape index (κ3) is 5.59. The average molecular weight is 297 g/mol. The standard InChI is InChI=1S/C12H19N5O4/c1-7(5-10(19)20)4-9(18)15-12(21)14-8(2)11-16-13-6-17(11)3/h6-8H,4-5H2,1-3H3,(H,19,20)(H2,14,15,18,21). The van der Waals surface area contributed by atoms with Crippen molar-refractivity contribution in [3.63, 3.8) is 0 Å². The van der Waals surface area contributed by atoms with Crippen LogP contribution in [0.3, 0.4) is 0 Å². The number of aliphatic carboxylic acids is 1. The Bertz CT molecular complexity index is 527. The number of imide groups is 1. The Kier molecular flexibility index (Phi) is 5.82. The van der Waals surface area contributed by atoms with Gasteiger partial charge in [-0.2, -0.15) is 0 Å². The molecule has 0 aliphatic rings. The zero-order valence-electron chi connectivity index (χ0n) is 12.2. The van der Waals surface area contributed by atoms with E-state index in [2.05, 4.69) is 20.8 Å². The first-order chi connectivity index (χ1) is 9.79. The molecule has 9 heteroatoms. The van der Waals surface area contributed by atoms with Crippen LogP contribution >= 0.6 is 0 Å². The number of carboxylic acids is 1. The second-order valence-electron chi connectivity index (χ2n) is 4.95. The summed E-state index contributed by atoms with van der Waals surface area (Å²) >= 11 is 0. The van der Waals surface area contributed by atoms with Crippen molar-refractivity contribution in [1.29, 1.82) is 0 Å². The molecular formula is C12H19N5O4. The molecular weight excluding hydrogens is 278 g/mol. The number of carbonyl (C=O) groups excluding carboxylic acids is 2. The lowest BCUT2D eigenvalue weighted by atomic mass is 10.0. The molecule has 1 rings (SSSR count). The van der Waals surface area contributed by atoms with Crippen molar-refractivity contribution >= 4 is 17.9 Å². The van der Waals surface area contributed by atoms with E-state index in [4.69, 9.17) is 5.11 Å². The van der Waals surface area contributed by atoms with Gasteiger partial charge in [-0.1, -0.05) is 6.92 Å². The molecule has 0 spiro atoms. The lowest BCUT2D eigenvalue weighted by Crippen LogP contribution is -2.41. The third-order valence-electron chi connectivity index (χ3n) is 2.79. The molecule has 1 heterocycles. The molecule has 3 N–H and O–H groups in total. The van der Waals surface area contributed by atoms with Crippen LogP contribution < -0.4 is 10.6 Å². The topological polar surface area (TPSA) is 126 Å². The maximum atomic E-state index is 11.7. The zero-order chi connectivity index (χ0) is 16.0. The van der Waals surface area contributed by atoms with Crippen LogP contribution in [0.1, 0.15) is 38.6 Å². The molecule has 0 saturated carbocycles. The van der Waals surface area contributed by atoms with Crippen molar-refractivity contribution in [2.75, 3.05) is 0 Å². The molecule has 1 aromatic rings. The molecule has 0 bridgehead atoms. The van der Waals surface area contributed by atoms with Crippen LogP contribution in [-0.2, 0) is 16.6 Å². The van der Waals surface area contributed by atoms with Gasteiger partial charge in [-0.3, -0.25) is 14.9 Å². The summed E-state index contributed by atoms with van der Waals surface area (Å²) in [5.41, 5.74) is 0. The van der Waals surface area contributed by atoms with Crippen LogP contribution in [0.5, 0.6) is 0 Å². The lowest BCUT2D eigenvalue weighted by molar-refractivity contribution is -0.138. The minimum absolute atomic E-state index is 0.0297. The highest BCUT2D eigenvalue weighted by Crippen LogP contribution is 2.08. The second kappa shape index (κ2) is 7.36. The number of amides is 3. The SMILES string of the molecule is CC(CC(=O)O)CC(=O)NC(=O)NC(C)c1nncn1C. The van der Waals surface area contributed by atoms with Crippen LogP contribution in [0.2, 0.25) is 0 Å². The fourth-order valence-electron chi connectivity index (χ4n) is 1.85. The van der Waals surface area contributed by atoms with Crippen LogP contribution in [0, 0.1) is 5.92 Å². The summed E-state index contributed by atoms with van der Waals surface area (Å²) in [4.78, 5) is 33.7. The minimum Gasteiger partial charge on any atom is -0.481 e. The molecule has 0 aliphatic carbocycles. The first-order valence-electron chi connectivity index (χ1n) is 6.45. The quantitative estimate of drug-likeness (QED) is 0.688. The highest BCUT2D eigenvalue weighted by atomic mass is 16.4. The molecule has 9 nitrogen and oxygen atoms in total. The van der Waals surface area contributed by atoms with Crippen LogP contribution in [0.4, 0.5) is 4.79 Å². The summed E-state index contributed by atoms with van der Waals surface area (Å²) in [7, 11) is 1.74. The zero-order valence-corrected chi connectivity index (χ0v) is 12.2. The molecule has 0 saturated heterocycles. The van der Waals surface area contributed by atoms with Gasteiger partial charge in [-0.05, 0) is 12.8 Å². The van der Waals surface area contributed by atoms with E-state index in [9.17, 15) is 14.4 Å². The minimum atomic E-state index is -0.976. The number of nitrogens with zero attached hydrogens (tertiary/aromatic N) is 3. The molecule has 0 radical (unpaired) electrons. The van der Waals surface area contributed by atoms with Crippen molar-refractivity contribution < 1.29 is 19.5 Å². The smallest absolute Gasteiger partial charge is 0.322 e. The van der Waals surface area contributed by atoms with E-state index in [0.29, 0.717) is 5.82 Å². The Morgan fingerprint density at radius 1 is 1.33 bits per heavy atom. The number of hydrogen-bond acceptors (Lipinski definition) is 5. The van der Waals surface area contributed by atoms with Crippen molar-refractivity contribution in [1.82, 2.24) is 25.4 Å². The number of carboxylic acid groups (broad SMARTS) is 1. The molecule has 1 aromatic heterocycles. The highest BCUT2D eigenvalue weighted by Gasteiger charge is 2.17. The van der Waals surface area contributed by atoms with Crippen molar-refractivity contribution in [2.24, 2.45) is 13.0 Å². The lowest BCUT2D eigenvalue weighted by Gasteiger charge is -2.14. The fraction of sp³-hybridized carbons (Fsp3) is 0.583. The van der Waals surface area contributed by atoms with Gasteiger partial charge in [0.05, 0.1) is 6.04 Å². The fourth-order valence-corrected chi connectivity index (χ4v) is 1.85. The van der Waals surface area contributed by atoms with Crippen LogP contribution in [0.15, 0.2) is 6.33 Å². The Morgan fingerprint density at radius 2 is 2.00 bits per heavy atom. The molecule has 21 heavy (non-hydrogen) atoms. The summed E-state index contributed by atoms with van der Waals surface area (Å²) in [6.45, 7) is 3.34. The number of carbonyl (C=O) groups is 3. The molecule has 116 valence electrons. The summed E-state index contributed by atoms with van der Waals surface area (Å²) in [6, 6.07) is -1.07. The molecule has 0 fully saturated rings. The van der Waals surface area contributed by atoms with Crippen LogP contribution in [-0.4, -0.2) is 37.8 Å². The Labute approximate surface area is 121 Å². The van der Waals surface area contributed by atoms with Gasteiger partial charge >= 0.3 is 12.0 Å². The van der Waals surface area contributed by atoms with Crippen molar-refractivity contribution in [3.8, 4) is 0 Å². The largest absolute Gasteiger partial charge is 0.481 e. The molecule has 3 amide bonds. The molecule has 0 aliphatic heterocycles. The first kappa shape index (κ1) is 16.6. The van der Waals surface area contributed by atoms with Gasteiger partial charge in [-0.25, -0.2) is 4.79 Å². The van der Waals surface area contributed by atoms with E-state index in [1.54, 1.807) is 25.5 Å². The number of rotatable bonds is 6. The number of nitrogens with one attached hydrogen (secondary N) is 2. The van der Waals surface area contributed by atoms with E-state index in [0.717, 1.165) is 0 Å². The van der Waals surface area contributed by atoms with Gasteiger partial charge in [0.15, 0.2) is 5.82 Å². The predicted molar refractivity (Wildman–Crippen MR) is 72.1 cm³/mol. The highest BCUT2D eigenvalue weighted by molar-refractivity contribution is 5.94. The van der Waals surface area contributed by atoms with Crippen LogP contribution in [0.25, 0.3) is 0 Å². The summed E-state index contributed by atoms with van der Waals surface area (Å²) in [5.74, 6) is -1.29. The monoisotopic (exact) mass is 297 g/mol. The van der Waals surface area contributed by atoms with E-state index < -0.39 is 23.9 Å². The molecule has 2 atom stereocenters. The van der Waals surface area contributed by atoms with Gasteiger partial charge in [0, 0.05) is 19.9 Å². The number of urea groups is 1. The third-order valence-corrected chi connectivity index (χ3v) is 2.79. The van der Waals surface area contributed by atoms with Gasteiger partial charge in [0.25, 0.3) is 0 Å². The summed E-state index contributed by atoms with van der Waals surface area (Å²) in [5, 5.41) is 20.9. The molecule has 0 aromatic carbocycles.